The molecular formula is C28H30ClN3O5. The lowest BCUT2D eigenvalue weighted by Crippen LogP contribution is -2.42. The van der Waals surface area contributed by atoms with Crippen LogP contribution in [0.2, 0.25) is 5.02 Å². The molecule has 9 heteroatoms. The molecule has 1 unspecified atom stereocenters. The molecule has 0 amide bonds. The zero-order chi connectivity index (χ0) is 26.4. The third kappa shape index (κ3) is 6.09. The van der Waals surface area contributed by atoms with Crippen molar-refractivity contribution in [3.8, 4) is 5.75 Å². The number of aromatic nitrogens is 2. The van der Waals surface area contributed by atoms with Crippen LogP contribution >= 0.6 is 11.6 Å². The van der Waals surface area contributed by atoms with Gasteiger partial charge in [0, 0.05) is 36.2 Å². The molecule has 1 aromatic heterocycles. The lowest BCUT2D eigenvalue weighted by molar-refractivity contribution is 0.112. The lowest BCUT2D eigenvalue weighted by Gasteiger charge is -2.18. The third-order valence-electron chi connectivity index (χ3n) is 6.40. The lowest BCUT2D eigenvalue weighted by atomic mass is 9.93. The Labute approximate surface area is 219 Å². The highest BCUT2D eigenvalue weighted by Gasteiger charge is 2.28. The number of fused-ring (bicyclic) bond motifs is 1. The number of aliphatic imine (C=N–C) groups is 1. The largest absolute Gasteiger partial charge is 0.443 e. The predicted octanol–water partition coefficient (Wildman–Crippen LogP) is 4.18. The summed E-state index contributed by atoms with van der Waals surface area (Å²) < 4.78 is 8.99. The Balaban J connectivity index is 1.85. The van der Waals surface area contributed by atoms with Crippen LogP contribution in [-0.2, 0) is 25.9 Å². The molecule has 1 atom stereocenters. The fourth-order valence-corrected chi connectivity index (χ4v) is 4.68. The first-order valence-corrected chi connectivity index (χ1v) is 12.9. The number of aliphatic hydroxyl groups excluding tert-OH is 1. The number of carbonyl (C=O) groups is 1. The molecule has 0 saturated heterocycles. The number of carbonyl (C=O) groups excluding carboxylic acids is 1. The quantitative estimate of drug-likeness (QED) is 0.424. The van der Waals surface area contributed by atoms with Crippen LogP contribution in [-0.4, -0.2) is 33.0 Å². The second-order valence-corrected chi connectivity index (χ2v) is 9.52. The van der Waals surface area contributed by atoms with E-state index in [1.807, 2.05) is 31.2 Å². The van der Waals surface area contributed by atoms with Crippen molar-refractivity contribution in [2.24, 2.45) is 10.9 Å². The predicted molar refractivity (Wildman–Crippen MR) is 143 cm³/mol. The van der Waals surface area contributed by atoms with E-state index in [0.717, 1.165) is 11.8 Å². The molecule has 1 aliphatic heterocycles. The van der Waals surface area contributed by atoms with E-state index < -0.39 is 5.69 Å². The normalized spacial score (nSPS) is 15.0. The maximum absolute atomic E-state index is 13.4. The van der Waals surface area contributed by atoms with Crippen molar-refractivity contribution >= 4 is 29.6 Å². The van der Waals surface area contributed by atoms with Crippen LogP contribution < -0.4 is 16.0 Å². The fourth-order valence-electron chi connectivity index (χ4n) is 4.55. The average molecular weight is 524 g/mol. The molecule has 2 aromatic carbocycles. The molecule has 194 valence electrons. The van der Waals surface area contributed by atoms with E-state index in [9.17, 15) is 19.5 Å². The molecule has 0 bridgehead atoms. The first-order chi connectivity index (χ1) is 17.9. The molecule has 8 nitrogen and oxygen atoms in total. The van der Waals surface area contributed by atoms with Crippen molar-refractivity contribution in [2.45, 2.75) is 52.1 Å². The van der Waals surface area contributed by atoms with E-state index in [0.29, 0.717) is 72.3 Å². The van der Waals surface area contributed by atoms with E-state index in [4.69, 9.17) is 21.3 Å². The Morgan fingerprint density at radius 3 is 2.62 bits per heavy atom. The second-order valence-electron chi connectivity index (χ2n) is 9.08. The number of aldehydes is 1. The van der Waals surface area contributed by atoms with Gasteiger partial charge in [-0.2, -0.15) is 4.99 Å². The zero-order valence-corrected chi connectivity index (χ0v) is 21.5. The number of aliphatic hydroxyl groups is 1. The van der Waals surface area contributed by atoms with Gasteiger partial charge >= 0.3 is 5.69 Å². The van der Waals surface area contributed by atoms with Crippen LogP contribution in [0.25, 0.3) is 0 Å². The number of rotatable bonds is 9. The Morgan fingerprint density at radius 2 is 1.92 bits per heavy atom. The number of ether oxygens (including phenoxy) is 1. The van der Waals surface area contributed by atoms with Crippen molar-refractivity contribution in [3.63, 3.8) is 0 Å². The summed E-state index contributed by atoms with van der Waals surface area (Å²) in [5.41, 5.74) is 1.15. The van der Waals surface area contributed by atoms with Crippen LogP contribution in [0.5, 0.6) is 5.75 Å². The van der Waals surface area contributed by atoms with Crippen molar-refractivity contribution in [2.75, 3.05) is 6.61 Å². The monoisotopic (exact) mass is 523 g/mol. The van der Waals surface area contributed by atoms with Gasteiger partial charge in [0.05, 0.1) is 5.56 Å². The summed E-state index contributed by atoms with van der Waals surface area (Å²) in [6.45, 7) is 2.37. The van der Waals surface area contributed by atoms with Gasteiger partial charge in [-0.3, -0.25) is 18.7 Å². The Kier molecular flexibility index (Phi) is 8.74. The zero-order valence-electron chi connectivity index (χ0n) is 20.7. The Hall–Kier alpha value is -3.49. The maximum Gasteiger partial charge on any atom is 0.332 e. The highest BCUT2D eigenvalue weighted by Crippen LogP contribution is 2.29. The minimum absolute atomic E-state index is 0.115. The van der Waals surface area contributed by atoms with Gasteiger partial charge < -0.3 is 9.84 Å². The van der Waals surface area contributed by atoms with Gasteiger partial charge in [0.2, 0.25) is 0 Å². The molecule has 0 aliphatic carbocycles. The van der Waals surface area contributed by atoms with Crippen LogP contribution in [0.4, 0.5) is 5.82 Å². The molecule has 4 rings (SSSR count). The number of nitrogens with zero attached hydrogens (tertiary/aromatic N) is 3. The topological polar surface area (TPSA) is 103 Å². The Morgan fingerprint density at radius 1 is 1.14 bits per heavy atom. The highest BCUT2D eigenvalue weighted by molar-refractivity contribution is 6.30. The van der Waals surface area contributed by atoms with Gasteiger partial charge in [0.25, 0.3) is 5.56 Å². The van der Waals surface area contributed by atoms with Crippen LogP contribution in [0, 0.1) is 5.92 Å². The summed E-state index contributed by atoms with van der Waals surface area (Å²) >= 11 is 6.07. The minimum Gasteiger partial charge on any atom is -0.443 e. The summed E-state index contributed by atoms with van der Waals surface area (Å²) in [6, 6.07) is 14.3. The molecule has 3 aromatic rings. The van der Waals surface area contributed by atoms with Crippen molar-refractivity contribution < 1.29 is 14.6 Å². The van der Waals surface area contributed by atoms with Crippen molar-refractivity contribution in [1.82, 2.24) is 9.13 Å². The molecular weight excluding hydrogens is 494 g/mol. The van der Waals surface area contributed by atoms with E-state index >= 15 is 0 Å². The molecule has 1 N–H and O–H groups in total. The molecule has 0 fully saturated rings. The average Bonchev–Trinajstić information content (AvgIpc) is 3.07. The SMILES string of the molecule is CCCn1c2c(c(=O)n(CCCO)c1=O)CCC(Cc1ccc(Cl)cc1)C(Oc1cccc(C=O)c1)=N2. The Bertz CT molecular complexity index is 1410. The number of hydrogen-bond acceptors (Lipinski definition) is 6. The summed E-state index contributed by atoms with van der Waals surface area (Å²) in [4.78, 5) is 42.9. The molecule has 0 radical (unpaired) electrons. The second kappa shape index (κ2) is 12.2. The first kappa shape index (κ1) is 26.6. The third-order valence-corrected chi connectivity index (χ3v) is 6.65. The summed E-state index contributed by atoms with van der Waals surface area (Å²) in [7, 11) is 0. The maximum atomic E-state index is 13.4. The van der Waals surface area contributed by atoms with E-state index in [1.165, 1.54) is 9.13 Å². The van der Waals surface area contributed by atoms with Gasteiger partial charge in [-0.05, 0) is 61.9 Å². The molecule has 1 aliphatic rings. The number of hydrogen-bond donors (Lipinski definition) is 1. The summed E-state index contributed by atoms with van der Waals surface area (Å²) in [5.74, 6) is 0.961. The smallest absolute Gasteiger partial charge is 0.332 e. The molecule has 37 heavy (non-hydrogen) atoms. The van der Waals surface area contributed by atoms with E-state index in [1.54, 1.807) is 24.3 Å². The van der Waals surface area contributed by atoms with Crippen LogP contribution in [0.1, 0.15) is 47.7 Å². The van der Waals surface area contributed by atoms with Crippen molar-refractivity contribution in [1.29, 1.82) is 0 Å². The molecule has 0 spiro atoms. The van der Waals surface area contributed by atoms with E-state index in [-0.39, 0.29) is 24.6 Å². The van der Waals surface area contributed by atoms with Gasteiger partial charge in [-0.25, -0.2) is 4.79 Å². The molecule has 2 heterocycles. The van der Waals surface area contributed by atoms with Crippen molar-refractivity contribution in [3.05, 3.63) is 91.1 Å². The van der Waals surface area contributed by atoms with Gasteiger partial charge in [-0.1, -0.05) is 42.8 Å². The van der Waals surface area contributed by atoms with Gasteiger partial charge in [0.1, 0.15) is 17.9 Å². The summed E-state index contributed by atoms with van der Waals surface area (Å²) in [5, 5.41) is 9.92. The number of halogens is 1. The highest BCUT2D eigenvalue weighted by atomic mass is 35.5. The van der Waals surface area contributed by atoms with E-state index in [2.05, 4.69) is 0 Å². The first-order valence-electron chi connectivity index (χ1n) is 12.5. The summed E-state index contributed by atoms with van der Waals surface area (Å²) in [6.07, 6.45) is 3.31. The minimum atomic E-state index is -0.443. The van der Waals surface area contributed by atoms with Gasteiger partial charge in [-0.15, -0.1) is 0 Å². The van der Waals surface area contributed by atoms with Crippen LogP contribution in [0.3, 0.4) is 0 Å². The fraction of sp³-hybridized carbons (Fsp3) is 0.357. The standard InChI is InChI=1S/C28H30ClN3O5/c1-2-13-31-25-24(27(35)32(28(31)36)14-4-15-33)12-9-21(16-19-7-10-22(29)11-8-19)26(30-25)37-23-6-3-5-20(17-23)18-34/h3,5-8,10-11,17-18,21,33H,2,4,9,12-16H2,1H3. The van der Waals surface area contributed by atoms with Crippen LogP contribution in [0.15, 0.2) is 63.1 Å². The van der Waals surface area contributed by atoms with Gasteiger partial charge in [0.15, 0.2) is 5.90 Å². The molecule has 0 saturated carbocycles. The number of benzene rings is 2.